The first-order chi connectivity index (χ1) is 5.99. The van der Waals surface area contributed by atoms with E-state index in [0.29, 0.717) is 6.61 Å². The van der Waals surface area contributed by atoms with Gasteiger partial charge in [0.05, 0.1) is 25.6 Å². The zero-order valence-electron chi connectivity index (χ0n) is 7.76. The Morgan fingerprint density at radius 3 is 2.85 bits per heavy atom. The molecule has 2 unspecified atom stereocenters. The summed E-state index contributed by atoms with van der Waals surface area (Å²) in [5.41, 5.74) is 0. The molecule has 0 bridgehead atoms. The molecular weight excluding hydrogens is 192 g/mol. The van der Waals surface area contributed by atoms with Crippen molar-refractivity contribution in [3.63, 3.8) is 0 Å². The highest BCUT2D eigenvalue weighted by atomic mass is 32.2. The Hall–Kier alpha value is -0.390. The Morgan fingerprint density at radius 1 is 1.69 bits per heavy atom. The average molecular weight is 206 g/mol. The van der Waals surface area contributed by atoms with Crippen LogP contribution in [0, 0.1) is 5.92 Å². The van der Waals surface area contributed by atoms with Crippen molar-refractivity contribution in [3.8, 4) is 0 Å². The molecule has 0 saturated carbocycles. The van der Waals surface area contributed by atoms with Gasteiger partial charge in [-0.3, -0.25) is 4.18 Å². The largest absolute Gasteiger partial charge is 0.370 e. The normalized spacial score (nSPS) is 24.9. The molecule has 0 amide bonds. The SMILES string of the molecule is CC(COS(C)(=O)=O)C1C=CCO1. The Balaban J connectivity index is 2.33. The monoisotopic (exact) mass is 206 g/mol. The third-order valence-electron chi connectivity index (χ3n) is 1.82. The van der Waals surface area contributed by atoms with Gasteiger partial charge in [-0.25, -0.2) is 0 Å². The van der Waals surface area contributed by atoms with Crippen LogP contribution in [0.2, 0.25) is 0 Å². The molecule has 13 heavy (non-hydrogen) atoms. The van der Waals surface area contributed by atoms with E-state index in [9.17, 15) is 8.42 Å². The molecule has 1 aliphatic rings. The van der Waals surface area contributed by atoms with Crippen LogP contribution in [-0.4, -0.2) is 34.0 Å². The van der Waals surface area contributed by atoms with Gasteiger partial charge in [-0.05, 0) is 0 Å². The molecule has 2 atom stereocenters. The van der Waals surface area contributed by atoms with E-state index < -0.39 is 10.1 Å². The lowest BCUT2D eigenvalue weighted by atomic mass is 10.1. The summed E-state index contributed by atoms with van der Waals surface area (Å²) >= 11 is 0. The predicted octanol–water partition coefficient (Wildman–Crippen LogP) is 0.554. The van der Waals surface area contributed by atoms with Crippen molar-refractivity contribution in [2.45, 2.75) is 13.0 Å². The highest BCUT2D eigenvalue weighted by Gasteiger charge is 2.19. The molecule has 0 radical (unpaired) electrons. The van der Waals surface area contributed by atoms with E-state index >= 15 is 0 Å². The molecule has 1 heterocycles. The molecule has 0 aromatic heterocycles. The molecule has 1 rings (SSSR count). The first-order valence-electron chi connectivity index (χ1n) is 4.12. The molecule has 1 aliphatic heterocycles. The summed E-state index contributed by atoms with van der Waals surface area (Å²) < 4.78 is 31.3. The van der Waals surface area contributed by atoms with E-state index in [1.54, 1.807) is 0 Å². The van der Waals surface area contributed by atoms with Gasteiger partial charge in [-0.1, -0.05) is 19.1 Å². The zero-order chi connectivity index (χ0) is 9.90. The molecule has 0 N–H and O–H groups in total. The molecule has 0 aliphatic carbocycles. The third kappa shape index (κ3) is 3.89. The van der Waals surface area contributed by atoms with E-state index in [-0.39, 0.29) is 18.6 Å². The van der Waals surface area contributed by atoms with Crippen molar-refractivity contribution < 1.29 is 17.3 Å². The molecule has 5 heteroatoms. The third-order valence-corrected chi connectivity index (χ3v) is 2.38. The van der Waals surface area contributed by atoms with Gasteiger partial charge in [-0.2, -0.15) is 8.42 Å². The second kappa shape index (κ2) is 4.21. The summed E-state index contributed by atoms with van der Waals surface area (Å²) in [6.07, 6.45) is 4.88. The van der Waals surface area contributed by atoms with Gasteiger partial charge in [-0.15, -0.1) is 0 Å². The Morgan fingerprint density at radius 2 is 2.38 bits per heavy atom. The fraction of sp³-hybridized carbons (Fsp3) is 0.750. The number of hydrogen-bond donors (Lipinski definition) is 0. The molecule has 0 aromatic rings. The Kier molecular flexibility index (Phi) is 3.47. The second-order valence-electron chi connectivity index (χ2n) is 3.19. The molecule has 0 aromatic carbocycles. The van der Waals surface area contributed by atoms with Gasteiger partial charge in [0.2, 0.25) is 0 Å². The lowest BCUT2D eigenvalue weighted by molar-refractivity contribution is 0.0672. The lowest BCUT2D eigenvalue weighted by Gasteiger charge is -2.16. The van der Waals surface area contributed by atoms with Crippen molar-refractivity contribution >= 4 is 10.1 Å². The van der Waals surface area contributed by atoms with Crippen LogP contribution in [0.3, 0.4) is 0 Å². The van der Waals surface area contributed by atoms with E-state index in [0.717, 1.165) is 6.26 Å². The van der Waals surface area contributed by atoms with Crippen molar-refractivity contribution in [1.82, 2.24) is 0 Å². The minimum absolute atomic E-state index is 0.0123. The maximum atomic E-state index is 10.7. The van der Waals surface area contributed by atoms with Crippen LogP contribution in [-0.2, 0) is 19.0 Å². The zero-order valence-corrected chi connectivity index (χ0v) is 8.58. The van der Waals surface area contributed by atoms with Crippen molar-refractivity contribution in [1.29, 1.82) is 0 Å². The summed E-state index contributed by atoms with van der Waals surface area (Å²) in [7, 11) is -3.33. The van der Waals surface area contributed by atoms with Gasteiger partial charge < -0.3 is 4.74 Å². The number of ether oxygens (including phenoxy) is 1. The Bertz CT molecular complexity index is 281. The highest BCUT2D eigenvalue weighted by Crippen LogP contribution is 2.14. The topological polar surface area (TPSA) is 52.6 Å². The van der Waals surface area contributed by atoms with Crippen molar-refractivity contribution in [3.05, 3.63) is 12.2 Å². The van der Waals surface area contributed by atoms with Gasteiger partial charge in [0.25, 0.3) is 10.1 Å². The maximum Gasteiger partial charge on any atom is 0.264 e. The van der Waals surface area contributed by atoms with Gasteiger partial charge >= 0.3 is 0 Å². The summed E-state index contributed by atoms with van der Waals surface area (Å²) in [5.74, 6) is 0.0634. The quantitative estimate of drug-likeness (QED) is 0.498. The molecule has 76 valence electrons. The van der Waals surface area contributed by atoms with E-state index in [1.807, 2.05) is 19.1 Å². The van der Waals surface area contributed by atoms with Crippen molar-refractivity contribution in [2.24, 2.45) is 5.92 Å². The molecular formula is C8H14O4S. The minimum atomic E-state index is -3.33. The summed E-state index contributed by atoms with van der Waals surface area (Å²) in [4.78, 5) is 0. The van der Waals surface area contributed by atoms with E-state index in [1.165, 1.54) is 0 Å². The molecule has 4 nitrogen and oxygen atoms in total. The predicted molar refractivity (Wildman–Crippen MR) is 48.8 cm³/mol. The van der Waals surface area contributed by atoms with Gasteiger partial charge in [0.1, 0.15) is 0 Å². The van der Waals surface area contributed by atoms with Crippen molar-refractivity contribution in [2.75, 3.05) is 19.5 Å². The Labute approximate surface area is 78.7 Å². The highest BCUT2D eigenvalue weighted by molar-refractivity contribution is 7.85. The molecule has 0 saturated heterocycles. The fourth-order valence-corrected chi connectivity index (χ4v) is 1.55. The van der Waals surface area contributed by atoms with Crippen LogP contribution in [0.4, 0.5) is 0 Å². The standard InChI is InChI=1S/C8H14O4S/c1-7(6-12-13(2,9)10)8-4-3-5-11-8/h3-4,7-8H,5-6H2,1-2H3. The second-order valence-corrected chi connectivity index (χ2v) is 4.84. The van der Waals surface area contributed by atoms with Crippen LogP contribution < -0.4 is 0 Å². The molecule has 0 spiro atoms. The average Bonchev–Trinajstić information content (AvgIpc) is 2.50. The smallest absolute Gasteiger partial charge is 0.264 e. The number of rotatable bonds is 4. The lowest BCUT2D eigenvalue weighted by Crippen LogP contribution is -2.22. The van der Waals surface area contributed by atoms with Gasteiger partial charge in [0.15, 0.2) is 0 Å². The van der Waals surface area contributed by atoms with Crippen LogP contribution in [0.5, 0.6) is 0 Å². The van der Waals surface area contributed by atoms with E-state index in [4.69, 9.17) is 4.74 Å². The maximum absolute atomic E-state index is 10.7. The summed E-state index contributed by atoms with van der Waals surface area (Å²) in [6, 6.07) is 0. The first kappa shape index (κ1) is 10.7. The summed E-state index contributed by atoms with van der Waals surface area (Å²) in [6.45, 7) is 2.67. The van der Waals surface area contributed by atoms with Gasteiger partial charge in [0, 0.05) is 5.92 Å². The van der Waals surface area contributed by atoms with Crippen LogP contribution in [0.1, 0.15) is 6.92 Å². The fourth-order valence-electron chi connectivity index (χ4n) is 1.09. The van der Waals surface area contributed by atoms with Crippen LogP contribution >= 0.6 is 0 Å². The molecule has 0 fully saturated rings. The number of hydrogen-bond acceptors (Lipinski definition) is 4. The van der Waals surface area contributed by atoms with Crippen LogP contribution in [0.25, 0.3) is 0 Å². The first-order valence-corrected chi connectivity index (χ1v) is 5.93. The summed E-state index contributed by atoms with van der Waals surface area (Å²) in [5, 5.41) is 0. The van der Waals surface area contributed by atoms with E-state index in [2.05, 4.69) is 4.18 Å². The minimum Gasteiger partial charge on any atom is -0.370 e. The van der Waals surface area contributed by atoms with Crippen LogP contribution in [0.15, 0.2) is 12.2 Å².